The predicted molar refractivity (Wildman–Crippen MR) is 140 cm³/mol. The highest BCUT2D eigenvalue weighted by Gasteiger charge is 2.22. The highest BCUT2D eigenvalue weighted by atomic mass is 32.1. The maximum atomic E-state index is 12.5. The number of amides is 1. The van der Waals surface area contributed by atoms with Crippen molar-refractivity contribution < 1.29 is 4.79 Å². The van der Waals surface area contributed by atoms with Gasteiger partial charge in [0.05, 0.1) is 5.69 Å². The van der Waals surface area contributed by atoms with Crippen LogP contribution in [0.15, 0.2) is 91.0 Å². The number of hydrogen-bond donors (Lipinski definition) is 2. The Morgan fingerprint density at radius 2 is 1.44 bits per heavy atom. The second-order valence-electron chi connectivity index (χ2n) is 7.42. The molecule has 3 aromatic carbocycles. The average Bonchev–Trinajstić information content (AvgIpc) is 3.55. The molecule has 2 aromatic heterocycles. The average molecular weight is 508 g/mol. The Kier molecular flexibility index (Phi) is 6.57. The van der Waals surface area contributed by atoms with Gasteiger partial charge in [-0.05, 0) is 29.8 Å². The van der Waals surface area contributed by atoms with Gasteiger partial charge in [-0.1, -0.05) is 89.4 Å². The lowest BCUT2D eigenvalue weighted by atomic mass is 10.0. The molecule has 0 saturated heterocycles. The van der Waals surface area contributed by atoms with Crippen LogP contribution in [0.25, 0.3) is 16.8 Å². The van der Waals surface area contributed by atoms with Gasteiger partial charge in [-0.3, -0.25) is 15.5 Å². The van der Waals surface area contributed by atoms with Crippen molar-refractivity contribution in [3.8, 4) is 11.8 Å². The van der Waals surface area contributed by atoms with Gasteiger partial charge in [0, 0.05) is 11.1 Å². The van der Waals surface area contributed by atoms with Crippen LogP contribution in [-0.4, -0.2) is 25.9 Å². The fraction of sp³-hybridized carbons (Fsp3) is 0. The number of carbonyl (C=O) groups is 1. The Balaban J connectivity index is 1.59. The number of para-hydroxylation sites is 1. The first-order valence-electron chi connectivity index (χ1n) is 10.7. The lowest BCUT2D eigenvalue weighted by molar-refractivity contribution is 0.102. The zero-order valence-corrected chi connectivity index (χ0v) is 20.3. The summed E-state index contributed by atoms with van der Waals surface area (Å²) in [6.45, 7) is 0. The summed E-state index contributed by atoms with van der Waals surface area (Å²) in [4.78, 5) is 12.8. The van der Waals surface area contributed by atoms with E-state index in [0.29, 0.717) is 21.2 Å². The SMILES string of the molecule is N#C/C(=C(/c1ccccc1)c1nn(-c2ccccc2)c(=N)s1)c1nnc(NC(=O)c2ccccc2)s1. The summed E-state index contributed by atoms with van der Waals surface area (Å²) in [6, 6.07) is 29.8. The molecule has 0 radical (unpaired) electrons. The van der Waals surface area contributed by atoms with Crippen LogP contribution in [0.4, 0.5) is 5.13 Å². The lowest BCUT2D eigenvalue weighted by Crippen LogP contribution is -2.12. The van der Waals surface area contributed by atoms with Crippen LogP contribution in [0.5, 0.6) is 0 Å². The van der Waals surface area contributed by atoms with E-state index >= 15 is 0 Å². The molecule has 0 unspecified atom stereocenters. The Bertz CT molecular complexity index is 1650. The van der Waals surface area contributed by atoms with E-state index in [-0.39, 0.29) is 21.4 Å². The first-order valence-corrected chi connectivity index (χ1v) is 12.4. The summed E-state index contributed by atoms with van der Waals surface area (Å²) < 4.78 is 1.53. The fourth-order valence-electron chi connectivity index (χ4n) is 3.46. The van der Waals surface area contributed by atoms with Crippen LogP contribution in [0.1, 0.15) is 25.9 Å². The number of nitrogens with one attached hydrogen (secondary N) is 2. The van der Waals surface area contributed by atoms with Gasteiger partial charge in [-0.15, -0.1) is 10.2 Å². The standard InChI is InChI=1S/C26H17N7OS2/c27-16-20(23-30-31-26(36-23)29-22(34)18-12-6-2-7-13-18)21(17-10-4-1-5-11-17)24-32-33(25(28)35-24)19-14-8-3-9-15-19/h1-15,28H,(H,29,31,34)/b21-20+,28-25?. The number of carbonyl (C=O) groups excluding carboxylic acids is 1. The summed E-state index contributed by atoms with van der Waals surface area (Å²) in [7, 11) is 0. The first kappa shape index (κ1) is 23.0. The minimum atomic E-state index is -0.313. The fourth-order valence-corrected chi connectivity index (χ4v) is 5.06. The van der Waals surface area contributed by atoms with Crippen LogP contribution in [-0.2, 0) is 0 Å². The third-order valence-corrected chi connectivity index (χ3v) is 6.81. The molecule has 5 rings (SSSR count). The van der Waals surface area contributed by atoms with Gasteiger partial charge in [0.25, 0.3) is 5.91 Å². The molecule has 5 aromatic rings. The molecule has 2 heterocycles. The third kappa shape index (κ3) is 4.74. The summed E-state index contributed by atoms with van der Waals surface area (Å²) in [6.07, 6.45) is 0. The Hall–Kier alpha value is -4.72. The number of benzene rings is 3. The van der Waals surface area contributed by atoms with Crippen molar-refractivity contribution in [1.82, 2.24) is 20.0 Å². The monoisotopic (exact) mass is 507 g/mol. The number of anilines is 1. The van der Waals surface area contributed by atoms with E-state index in [4.69, 9.17) is 5.41 Å². The van der Waals surface area contributed by atoms with Crippen LogP contribution < -0.4 is 10.1 Å². The predicted octanol–water partition coefficient (Wildman–Crippen LogP) is 5.00. The molecule has 0 fully saturated rings. The topological polar surface area (TPSA) is 120 Å². The molecule has 0 spiro atoms. The number of rotatable bonds is 6. The maximum absolute atomic E-state index is 12.5. The smallest absolute Gasteiger partial charge is 0.257 e. The molecular weight excluding hydrogens is 490 g/mol. The Morgan fingerprint density at radius 3 is 2.08 bits per heavy atom. The van der Waals surface area contributed by atoms with Gasteiger partial charge in [-0.25, -0.2) is 4.68 Å². The Morgan fingerprint density at radius 1 is 0.833 bits per heavy atom. The minimum Gasteiger partial charge on any atom is -0.296 e. The van der Waals surface area contributed by atoms with Crippen molar-refractivity contribution in [3.05, 3.63) is 117 Å². The van der Waals surface area contributed by atoms with Gasteiger partial charge in [0.15, 0.2) is 5.01 Å². The number of allylic oxidation sites excluding steroid dienone is 1. The molecule has 0 saturated carbocycles. The van der Waals surface area contributed by atoms with Gasteiger partial charge in [0.2, 0.25) is 9.93 Å². The van der Waals surface area contributed by atoms with E-state index in [1.165, 1.54) is 4.68 Å². The van der Waals surface area contributed by atoms with Crippen molar-refractivity contribution in [2.24, 2.45) is 0 Å². The summed E-state index contributed by atoms with van der Waals surface area (Å²) in [5.41, 5.74) is 2.80. The van der Waals surface area contributed by atoms with E-state index < -0.39 is 0 Å². The largest absolute Gasteiger partial charge is 0.296 e. The third-order valence-electron chi connectivity index (χ3n) is 5.11. The maximum Gasteiger partial charge on any atom is 0.257 e. The van der Waals surface area contributed by atoms with Gasteiger partial charge >= 0.3 is 0 Å². The zero-order chi connectivity index (χ0) is 24.9. The minimum absolute atomic E-state index is 0.218. The normalized spacial score (nSPS) is 11.4. The molecule has 0 atom stereocenters. The van der Waals surface area contributed by atoms with E-state index in [1.807, 2.05) is 66.7 Å². The lowest BCUT2D eigenvalue weighted by Gasteiger charge is -2.07. The molecule has 0 aliphatic rings. The van der Waals surface area contributed by atoms with Crippen molar-refractivity contribution in [3.63, 3.8) is 0 Å². The highest BCUT2D eigenvalue weighted by molar-refractivity contribution is 7.16. The molecule has 0 bridgehead atoms. The van der Waals surface area contributed by atoms with Crippen molar-refractivity contribution in [2.75, 3.05) is 5.32 Å². The number of nitrogens with zero attached hydrogens (tertiary/aromatic N) is 5. The van der Waals surface area contributed by atoms with Crippen LogP contribution >= 0.6 is 22.7 Å². The van der Waals surface area contributed by atoms with Gasteiger partial charge in [0.1, 0.15) is 16.6 Å². The van der Waals surface area contributed by atoms with E-state index in [0.717, 1.165) is 33.9 Å². The van der Waals surface area contributed by atoms with Crippen molar-refractivity contribution in [1.29, 1.82) is 10.7 Å². The molecular formula is C26H17N7OS2. The first-order chi connectivity index (χ1) is 17.6. The molecule has 0 aliphatic heterocycles. The van der Waals surface area contributed by atoms with Crippen molar-refractivity contribution >= 4 is 44.9 Å². The second kappa shape index (κ2) is 10.3. The summed E-state index contributed by atoms with van der Waals surface area (Å²) in [5, 5.41) is 35.5. The van der Waals surface area contributed by atoms with Crippen LogP contribution in [0, 0.1) is 16.7 Å². The summed E-state index contributed by atoms with van der Waals surface area (Å²) >= 11 is 2.26. The van der Waals surface area contributed by atoms with Crippen LogP contribution in [0.2, 0.25) is 0 Å². The summed E-state index contributed by atoms with van der Waals surface area (Å²) in [5.74, 6) is -0.313. The number of aromatic nitrogens is 4. The molecule has 36 heavy (non-hydrogen) atoms. The van der Waals surface area contributed by atoms with Crippen LogP contribution in [0.3, 0.4) is 0 Å². The second-order valence-corrected chi connectivity index (χ2v) is 9.38. The Labute approximate surface area is 214 Å². The molecule has 1 amide bonds. The van der Waals surface area contributed by atoms with E-state index in [1.54, 1.807) is 24.3 Å². The quantitative estimate of drug-likeness (QED) is 0.313. The zero-order valence-electron chi connectivity index (χ0n) is 18.6. The van der Waals surface area contributed by atoms with E-state index in [9.17, 15) is 10.1 Å². The molecule has 2 N–H and O–H groups in total. The number of hydrogen-bond acceptors (Lipinski definition) is 8. The van der Waals surface area contributed by atoms with Gasteiger partial charge < -0.3 is 0 Å². The van der Waals surface area contributed by atoms with Crippen molar-refractivity contribution in [2.45, 2.75) is 0 Å². The van der Waals surface area contributed by atoms with E-state index in [2.05, 4.69) is 26.7 Å². The molecule has 10 heteroatoms. The van der Waals surface area contributed by atoms with Gasteiger partial charge in [-0.2, -0.15) is 10.4 Å². The molecule has 0 aliphatic carbocycles. The molecule has 8 nitrogen and oxygen atoms in total. The molecule has 174 valence electrons. The number of nitriles is 1. The highest BCUT2D eigenvalue weighted by Crippen LogP contribution is 2.34.